The number of carbonyl (C=O) groups is 1. The smallest absolute Gasteiger partial charge is 0.225 e. The Hall–Kier alpha value is -2.97. The molecule has 1 aliphatic heterocycles. The number of methoxy groups -OCH3 is 1. The van der Waals surface area contributed by atoms with Crippen LogP contribution >= 0.6 is 12.2 Å². The molecule has 0 unspecified atom stereocenters. The summed E-state index contributed by atoms with van der Waals surface area (Å²) in [6.45, 7) is 2.10. The second-order valence-electron chi connectivity index (χ2n) is 7.07. The molecular weight excluding hydrogens is 400 g/mol. The number of hydrogen-bond acceptors (Lipinski definition) is 5. The second kappa shape index (κ2) is 9.23. The SMILES string of the molecule is COc1ccc(-c2n[nH]c(=S)n2CCC(=O)N2CCOC[C@H]2c2ccccc2)cc1. The molecule has 0 spiro atoms. The van der Waals surface area contributed by atoms with Crippen LogP contribution in [-0.4, -0.2) is 52.4 Å². The number of benzene rings is 2. The highest BCUT2D eigenvalue weighted by molar-refractivity contribution is 7.71. The van der Waals surface area contributed by atoms with E-state index in [1.165, 1.54) is 0 Å². The zero-order valence-electron chi connectivity index (χ0n) is 16.8. The number of nitrogens with zero attached hydrogens (tertiary/aromatic N) is 3. The van der Waals surface area contributed by atoms with Gasteiger partial charge in [0.2, 0.25) is 5.91 Å². The predicted molar refractivity (Wildman–Crippen MR) is 116 cm³/mol. The number of ether oxygens (including phenoxy) is 2. The first-order valence-electron chi connectivity index (χ1n) is 9.89. The van der Waals surface area contributed by atoms with Gasteiger partial charge >= 0.3 is 0 Å². The summed E-state index contributed by atoms with van der Waals surface area (Å²) in [5.74, 6) is 1.56. The van der Waals surface area contributed by atoms with Crippen LogP contribution in [0.1, 0.15) is 18.0 Å². The fourth-order valence-corrected chi connectivity index (χ4v) is 3.91. The number of nitrogens with one attached hydrogen (secondary N) is 1. The fourth-order valence-electron chi connectivity index (χ4n) is 3.69. The first kappa shape index (κ1) is 20.3. The van der Waals surface area contributed by atoms with Gasteiger partial charge in [-0.3, -0.25) is 14.5 Å². The van der Waals surface area contributed by atoms with Crippen molar-refractivity contribution in [3.8, 4) is 17.1 Å². The molecule has 3 aromatic rings. The van der Waals surface area contributed by atoms with E-state index in [1.807, 2.05) is 64.1 Å². The zero-order valence-corrected chi connectivity index (χ0v) is 17.6. The van der Waals surface area contributed by atoms with E-state index in [0.717, 1.165) is 16.9 Å². The first-order valence-corrected chi connectivity index (χ1v) is 10.3. The summed E-state index contributed by atoms with van der Waals surface area (Å²) < 4.78 is 13.2. The summed E-state index contributed by atoms with van der Waals surface area (Å²) in [7, 11) is 1.63. The van der Waals surface area contributed by atoms with E-state index in [0.29, 0.717) is 43.3 Å². The number of aromatic nitrogens is 3. The number of aromatic amines is 1. The highest BCUT2D eigenvalue weighted by Gasteiger charge is 2.28. The predicted octanol–water partition coefficient (Wildman–Crippen LogP) is 3.61. The minimum Gasteiger partial charge on any atom is -0.497 e. The molecule has 2 heterocycles. The van der Waals surface area contributed by atoms with Gasteiger partial charge in [-0.15, -0.1) is 0 Å². The van der Waals surface area contributed by atoms with Crippen LogP contribution in [0.3, 0.4) is 0 Å². The summed E-state index contributed by atoms with van der Waals surface area (Å²) >= 11 is 5.40. The number of rotatable bonds is 6. The van der Waals surface area contributed by atoms with Crippen LogP contribution in [0, 0.1) is 4.77 Å². The van der Waals surface area contributed by atoms with Gasteiger partial charge in [0.25, 0.3) is 0 Å². The van der Waals surface area contributed by atoms with Crippen LogP contribution in [0.5, 0.6) is 5.75 Å². The molecule has 1 aliphatic rings. The Labute approximate surface area is 180 Å². The third-order valence-electron chi connectivity index (χ3n) is 5.29. The molecular formula is C22H24N4O3S. The summed E-state index contributed by atoms with van der Waals surface area (Å²) in [5.41, 5.74) is 1.99. The Morgan fingerprint density at radius 3 is 2.73 bits per heavy atom. The fraction of sp³-hybridized carbons (Fsp3) is 0.318. The van der Waals surface area contributed by atoms with E-state index in [-0.39, 0.29) is 11.9 Å². The highest BCUT2D eigenvalue weighted by Crippen LogP contribution is 2.25. The number of hydrogen-bond donors (Lipinski definition) is 1. The molecule has 4 rings (SSSR count). The molecule has 0 saturated carbocycles. The number of carbonyl (C=O) groups excluding carboxylic acids is 1. The van der Waals surface area contributed by atoms with Gasteiger partial charge in [0.05, 0.1) is 26.4 Å². The third-order valence-corrected chi connectivity index (χ3v) is 5.60. The molecule has 1 atom stereocenters. The van der Waals surface area contributed by atoms with Gasteiger partial charge in [0.1, 0.15) is 5.75 Å². The lowest BCUT2D eigenvalue weighted by Gasteiger charge is -2.36. The normalized spacial score (nSPS) is 16.4. The number of H-pyrrole nitrogens is 1. The lowest BCUT2D eigenvalue weighted by molar-refractivity contribution is -0.140. The molecule has 1 fully saturated rings. The highest BCUT2D eigenvalue weighted by atomic mass is 32.1. The van der Waals surface area contributed by atoms with Gasteiger partial charge in [-0.1, -0.05) is 30.3 Å². The molecule has 0 aliphatic carbocycles. The number of amides is 1. The Kier molecular flexibility index (Phi) is 6.25. The van der Waals surface area contributed by atoms with Crippen molar-refractivity contribution in [2.24, 2.45) is 0 Å². The van der Waals surface area contributed by atoms with Crippen molar-refractivity contribution in [3.05, 3.63) is 64.9 Å². The zero-order chi connectivity index (χ0) is 20.9. The maximum atomic E-state index is 13.1. The van der Waals surface area contributed by atoms with Crippen molar-refractivity contribution in [2.75, 3.05) is 26.9 Å². The summed E-state index contributed by atoms with van der Waals surface area (Å²) in [4.78, 5) is 15.0. The second-order valence-corrected chi connectivity index (χ2v) is 7.46. The van der Waals surface area contributed by atoms with E-state index >= 15 is 0 Å². The Morgan fingerprint density at radius 1 is 1.23 bits per heavy atom. The van der Waals surface area contributed by atoms with Gasteiger partial charge < -0.3 is 14.4 Å². The van der Waals surface area contributed by atoms with Gasteiger partial charge in [-0.25, -0.2) is 0 Å². The Morgan fingerprint density at radius 2 is 2.00 bits per heavy atom. The molecule has 1 amide bonds. The topological polar surface area (TPSA) is 72.4 Å². The van der Waals surface area contributed by atoms with Gasteiger partial charge in [0, 0.05) is 25.1 Å². The molecule has 1 aromatic heterocycles. The van der Waals surface area contributed by atoms with E-state index in [4.69, 9.17) is 21.7 Å². The summed E-state index contributed by atoms with van der Waals surface area (Å²) in [5, 5.41) is 7.20. The van der Waals surface area contributed by atoms with E-state index in [1.54, 1.807) is 7.11 Å². The lowest BCUT2D eigenvalue weighted by atomic mass is 10.0. The van der Waals surface area contributed by atoms with Crippen molar-refractivity contribution in [3.63, 3.8) is 0 Å². The Balaban J connectivity index is 1.49. The van der Waals surface area contributed by atoms with Gasteiger partial charge in [-0.2, -0.15) is 5.10 Å². The molecule has 0 radical (unpaired) electrons. The maximum absolute atomic E-state index is 13.1. The van der Waals surface area contributed by atoms with Crippen molar-refractivity contribution < 1.29 is 14.3 Å². The van der Waals surface area contributed by atoms with Crippen molar-refractivity contribution >= 4 is 18.1 Å². The Bertz CT molecular complexity index is 1050. The molecule has 1 saturated heterocycles. The summed E-state index contributed by atoms with van der Waals surface area (Å²) in [6.07, 6.45) is 0.334. The number of morpholine rings is 1. The largest absolute Gasteiger partial charge is 0.497 e. The summed E-state index contributed by atoms with van der Waals surface area (Å²) in [6, 6.07) is 17.6. The van der Waals surface area contributed by atoms with Crippen LogP contribution in [0.15, 0.2) is 54.6 Å². The molecule has 0 bridgehead atoms. The molecule has 2 aromatic carbocycles. The average molecular weight is 425 g/mol. The molecule has 30 heavy (non-hydrogen) atoms. The van der Waals surface area contributed by atoms with Crippen molar-refractivity contribution in [1.29, 1.82) is 0 Å². The third kappa shape index (κ3) is 4.29. The monoisotopic (exact) mass is 424 g/mol. The van der Waals surface area contributed by atoms with Crippen LogP contribution < -0.4 is 4.74 Å². The maximum Gasteiger partial charge on any atom is 0.225 e. The van der Waals surface area contributed by atoms with Gasteiger partial charge in [-0.05, 0) is 42.0 Å². The molecule has 1 N–H and O–H groups in total. The van der Waals surface area contributed by atoms with E-state index in [9.17, 15) is 4.79 Å². The standard InChI is InChI=1S/C22H24N4O3S/c1-28-18-9-7-17(8-10-18)21-23-24-22(30)26(21)12-11-20(27)25-13-14-29-15-19(25)16-5-3-2-4-6-16/h2-10,19H,11-15H2,1H3,(H,24,30)/t19-/m0/s1. The first-order chi connectivity index (χ1) is 14.7. The van der Waals surface area contributed by atoms with E-state index in [2.05, 4.69) is 10.2 Å². The van der Waals surface area contributed by atoms with Crippen molar-refractivity contribution in [2.45, 2.75) is 19.0 Å². The van der Waals surface area contributed by atoms with Crippen LogP contribution in [-0.2, 0) is 16.1 Å². The molecule has 7 nitrogen and oxygen atoms in total. The van der Waals surface area contributed by atoms with Crippen molar-refractivity contribution in [1.82, 2.24) is 19.7 Å². The quantitative estimate of drug-likeness (QED) is 0.612. The van der Waals surface area contributed by atoms with Crippen LogP contribution in [0.4, 0.5) is 0 Å². The average Bonchev–Trinajstić information content (AvgIpc) is 3.18. The van der Waals surface area contributed by atoms with Gasteiger partial charge in [0.15, 0.2) is 10.6 Å². The lowest BCUT2D eigenvalue weighted by Crippen LogP contribution is -2.43. The van der Waals surface area contributed by atoms with Crippen LogP contribution in [0.25, 0.3) is 11.4 Å². The van der Waals surface area contributed by atoms with E-state index < -0.39 is 0 Å². The minimum absolute atomic E-state index is 0.0640. The minimum atomic E-state index is -0.0640. The molecule has 8 heteroatoms. The molecule has 156 valence electrons. The van der Waals surface area contributed by atoms with Crippen LogP contribution in [0.2, 0.25) is 0 Å².